The molecule has 2 rings (SSSR count). The Labute approximate surface area is 136 Å². The molecular weight excluding hydrogens is 231 g/mol. The van der Waals surface area contributed by atoms with Crippen LogP contribution in [0, 0.1) is 0 Å². The molecule has 0 bridgehead atoms. The first-order chi connectivity index (χ1) is 7.25. The topological polar surface area (TPSA) is 49.4 Å². The molecule has 0 aliphatic heterocycles. The van der Waals surface area contributed by atoms with Crippen LogP contribution in [0.4, 0.5) is 0 Å². The van der Waals surface area contributed by atoms with Gasteiger partial charge in [-0.25, -0.2) is 0 Å². The van der Waals surface area contributed by atoms with E-state index in [0.29, 0.717) is 5.75 Å². The fourth-order valence-electron chi connectivity index (χ4n) is 1.40. The Bertz CT molecular complexity index is 496. The van der Waals surface area contributed by atoms with Crippen LogP contribution in [-0.2, 0) is 4.79 Å². The van der Waals surface area contributed by atoms with Crippen molar-refractivity contribution in [2.45, 2.75) is 0 Å². The molecule has 2 aromatic rings. The number of carboxylic acid groups (broad SMARTS) is 1. The zero-order valence-corrected chi connectivity index (χ0v) is 12.1. The first kappa shape index (κ1) is 13.7. The van der Waals surface area contributed by atoms with Crippen LogP contribution in [0.1, 0.15) is 0 Å². The molecule has 0 aliphatic rings. The molecule has 0 saturated carbocycles. The number of hydrogen-bond donors (Lipinski definition) is 0. The summed E-state index contributed by atoms with van der Waals surface area (Å²) in [5.41, 5.74) is 0. The van der Waals surface area contributed by atoms with Crippen molar-refractivity contribution < 1.29 is 66.0 Å². The summed E-state index contributed by atoms with van der Waals surface area (Å²) in [5.74, 6) is -0.680. The molecule has 0 fully saturated rings. The van der Waals surface area contributed by atoms with Crippen LogP contribution < -0.4 is 61.2 Å². The van der Waals surface area contributed by atoms with Gasteiger partial charge < -0.3 is 14.6 Å². The van der Waals surface area contributed by atoms with E-state index in [1.807, 2.05) is 30.3 Å². The molecular formula is C12H9KO3. The van der Waals surface area contributed by atoms with E-state index in [1.54, 1.807) is 12.1 Å². The second-order valence-electron chi connectivity index (χ2n) is 3.17. The van der Waals surface area contributed by atoms with Crippen LogP contribution in [0.5, 0.6) is 5.75 Å². The monoisotopic (exact) mass is 240 g/mol. The summed E-state index contributed by atoms with van der Waals surface area (Å²) in [4.78, 5) is 10.2. The van der Waals surface area contributed by atoms with Gasteiger partial charge in [-0.2, -0.15) is 0 Å². The first-order valence-electron chi connectivity index (χ1n) is 4.57. The van der Waals surface area contributed by atoms with Crippen molar-refractivity contribution in [1.29, 1.82) is 0 Å². The minimum Gasteiger partial charge on any atom is -0.546 e. The zero-order valence-electron chi connectivity index (χ0n) is 8.97. The Morgan fingerprint density at radius 3 is 2.50 bits per heavy atom. The zero-order chi connectivity index (χ0) is 10.7. The minimum absolute atomic E-state index is 0. The van der Waals surface area contributed by atoms with Crippen molar-refractivity contribution in [2.75, 3.05) is 6.61 Å². The largest absolute Gasteiger partial charge is 1.00 e. The Morgan fingerprint density at radius 2 is 1.81 bits per heavy atom. The molecule has 0 saturated heterocycles. The van der Waals surface area contributed by atoms with E-state index >= 15 is 0 Å². The van der Waals surface area contributed by atoms with E-state index in [9.17, 15) is 9.90 Å². The third-order valence-corrected chi connectivity index (χ3v) is 2.08. The van der Waals surface area contributed by atoms with E-state index in [4.69, 9.17) is 4.74 Å². The summed E-state index contributed by atoms with van der Waals surface area (Å²) in [6.45, 7) is -0.418. The van der Waals surface area contributed by atoms with Gasteiger partial charge in [-0.15, -0.1) is 0 Å². The van der Waals surface area contributed by atoms with Gasteiger partial charge in [0.2, 0.25) is 0 Å². The summed E-state index contributed by atoms with van der Waals surface area (Å²) in [6, 6.07) is 13.2. The van der Waals surface area contributed by atoms with Crippen LogP contribution >= 0.6 is 0 Å². The molecule has 76 valence electrons. The fourth-order valence-corrected chi connectivity index (χ4v) is 1.40. The standard InChI is InChI=1S/C12H10O3.K/c13-12(14)8-15-11-6-5-9-3-1-2-4-10(9)7-11;/h1-7H,8H2,(H,13,14);/q;+1/p-1. The molecule has 3 nitrogen and oxygen atoms in total. The number of carboxylic acids is 1. The molecule has 0 spiro atoms. The molecule has 2 aromatic carbocycles. The normalized spacial score (nSPS) is 9.50. The van der Waals surface area contributed by atoms with Crippen molar-refractivity contribution in [2.24, 2.45) is 0 Å². The third-order valence-electron chi connectivity index (χ3n) is 2.08. The molecule has 0 aromatic heterocycles. The Kier molecular flexibility index (Phi) is 5.44. The number of ether oxygens (including phenoxy) is 1. The van der Waals surface area contributed by atoms with Crippen molar-refractivity contribution >= 4 is 16.7 Å². The molecule has 0 heterocycles. The summed E-state index contributed by atoms with van der Waals surface area (Å²) >= 11 is 0. The van der Waals surface area contributed by atoms with Gasteiger partial charge in [0.05, 0.1) is 5.97 Å². The predicted molar refractivity (Wildman–Crippen MR) is 54.5 cm³/mol. The summed E-state index contributed by atoms with van der Waals surface area (Å²) < 4.78 is 5.01. The van der Waals surface area contributed by atoms with Crippen LogP contribution in [-0.4, -0.2) is 12.6 Å². The second-order valence-corrected chi connectivity index (χ2v) is 3.17. The van der Waals surface area contributed by atoms with E-state index in [1.165, 1.54) is 0 Å². The molecule has 4 heteroatoms. The van der Waals surface area contributed by atoms with E-state index in [-0.39, 0.29) is 51.4 Å². The molecule has 0 aliphatic carbocycles. The number of aliphatic carboxylic acids is 1. The van der Waals surface area contributed by atoms with Crippen LogP contribution in [0.2, 0.25) is 0 Å². The fraction of sp³-hybridized carbons (Fsp3) is 0.0833. The van der Waals surface area contributed by atoms with Gasteiger partial charge >= 0.3 is 51.4 Å². The SMILES string of the molecule is O=C([O-])COc1ccc2ccccc2c1.[K+]. The van der Waals surface area contributed by atoms with Gasteiger partial charge in [-0.3, -0.25) is 0 Å². The van der Waals surface area contributed by atoms with Crippen molar-refractivity contribution in [1.82, 2.24) is 0 Å². The number of carbonyl (C=O) groups excluding carboxylic acids is 1. The van der Waals surface area contributed by atoms with E-state index in [0.717, 1.165) is 10.8 Å². The number of benzene rings is 2. The van der Waals surface area contributed by atoms with Crippen molar-refractivity contribution in [3.05, 3.63) is 42.5 Å². The Morgan fingerprint density at radius 1 is 1.12 bits per heavy atom. The van der Waals surface area contributed by atoms with Gasteiger partial charge in [0.25, 0.3) is 0 Å². The third kappa shape index (κ3) is 3.57. The predicted octanol–water partition coefficient (Wildman–Crippen LogP) is -2.03. The van der Waals surface area contributed by atoms with Gasteiger partial charge in [-0.1, -0.05) is 30.3 Å². The van der Waals surface area contributed by atoms with Crippen LogP contribution in [0.15, 0.2) is 42.5 Å². The average molecular weight is 240 g/mol. The van der Waals surface area contributed by atoms with E-state index in [2.05, 4.69) is 0 Å². The molecule has 0 N–H and O–H groups in total. The van der Waals surface area contributed by atoms with Crippen LogP contribution in [0.3, 0.4) is 0 Å². The molecule has 0 unspecified atom stereocenters. The summed E-state index contributed by atoms with van der Waals surface area (Å²) in [6.07, 6.45) is 0. The van der Waals surface area contributed by atoms with Crippen molar-refractivity contribution in [3.8, 4) is 5.75 Å². The molecule has 0 amide bonds. The quantitative estimate of drug-likeness (QED) is 0.582. The van der Waals surface area contributed by atoms with Gasteiger partial charge in [0.15, 0.2) is 0 Å². The van der Waals surface area contributed by atoms with Crippen molar-refractivity contribution in [3.63, 3.8) is 0 Å². The number of hydrogen-bond acceptors (Lipinski definition) is 3. The van der Waals surface area contributed by atoms with E-state index < -0.39 is 12.6 Å². The van der Waals surface area contributed by atoms with Gasteiger partial charge in [0, 0.05) is 0 Å². The molecule has 0 radical (unpaired) electrons. The second kappa shape index (κ2) is 6.37. The average Bonchev–Trinajstić information content (AvgIpc) is 2.26. The number of fused-ring (bicyclic) bond motifs is 1. The molecule has 16 heavy (non-hydrogen) atoms. The summed E-state index contributed by atoms with van der Waals surface area (Å²) in [7, 11) is 0. The maximum absolute atomic E-state index is 10.2. The maximum Gasteiger partial charge on any atom is 1.00 e. The minimum atomic E-state index is -1.22. The van der Waals surface area contributed by atoms with Gasteiger partial charge in [-0.05, 0) is 22.9 Å². The summed E-state index contributed by atoms with van der Waals surface area (Å²) in [5, 5.41) is 12.3. The van der Waals surface area contributed by atoms with Gasteiger partial charge in [0.1, 0.15) is 12.4 Å². The van der Waals surface area contributed by atoms with Crippen LogP contribution in [0.25, 0.3) is 10.8 Å². The number of rotatable bonds is 3. The smallest absolute Gasteiger partial charge is 0.546 e. The molecule has 0 atom stereocenters. The first-order valence-corrected chi connectivity index (χ1v) is 4.57. The Hall–Kier alpha value is -0.394. The Balaban J connectivity index is 0.00000128. The number of carbonyl (C=O) groups is 1. The maximum atomic E-state index is 10.2.